The van der Waals surface area contributed by atoms with Gasteiger partial charge in [0.05, 0.1) is 5.69 Å². The minimum Gasteiger partial charge on any atom is -0.253 e. The fourth-order valence-electron chi connectivity index (χ4n) is 7.92. The third-order valence-electron chi connectivity index (χ3n) is 10.6. The van der Waals surface area contributed by atoms with Crippen molar-refractivity contribution in [2.24, 2.45) is 4.99 Å². The second kappa shape index (κ2) is 14.3. The number of rotatable bonds is 7. The molecule has 256 valence electrons. The molecule has 0 spiro atoms. The number of hydrogen-bond acceptors (Lipinski definition) is 1. The Bertz CT molecular complexity index is 2810. The minimum atomic E-state index is 1.00. The maximum absolute atomic E-state index is 4.96. The molecule has 0 aliphatic carbocycles. The maximum Gasteiger partial charge on any atom is 0.0662 e. The van der Waals surface area contributed by atoms with Crippen molar-refractivity contribution in [3.05, 3.63) is 211 Å². The van der Waals surface area contributed by atoms with Gasteiger partial charge in [-0.2, -0.15) is 0 Å². The first kappa shape index (κ1) is 33.0. The summed E-state index contributed by atoms with van der Waals surface area (Å²) < 4.78 is 0. The highest BCUT2D eigenvalue weighted by molar-refractivity contribution is 6.24. The molecule has 9 aromatic rings. The van der Waals surface area contributed by atoms with Gasteiger partial charge in [-0.3, -0.25) is 4.99 Å². The summed E-state index contributed by atoms with van der Waals surface area (Å²) in [7, 11) is 0. The second-order valence-corrected chi connectivity index (χ2v) is 13.9. The fraction of sp³-hybridized carbons (Fsp3) is 0.0377. The lowest BCUT2D eigenvalue weighted by molar-refractivity contribution is 1.38. The van der Waals surface area contributed by atoms with Gasteiger partial charge in [-0.1, -0.05) is 188 Å². The molecule has 0 heterocycles. The number of hydrogen-bond donors (Lipinski definition) is 0. The van der Waals surface area contributed by atoms with E-state index in [0.717, 1.165) is 17.0 Å². The topological polar surface area (TPSA) is 12.4 Å². The number of benzene rings is 9. The van der Waals surface area contributed by atoms with Gasteiger partial charge in [0.1, 0.15) is 0 Å². The normalized spacial score (nSPS) is 11.6. The Kier molecular flexibility index (Phi) is 8.75. The molecule has 0 amide bonds. The van der Waals surface area contributed by atoms with Gasteiger partial charge in [0.25, 0.3) is 0 Å². The maximum atomic E-state index is 4.96. The van der Waals surface area contributed by atoms with Crippen LogP contribution >= 0.6 is 0 Å². The molecule has 9 rings (SSSR count). The van der Waals surface area contributed by atoms with Crippen LogP contribution in [0, 0.1) is 6.92 Å². The largest absolute Gasteiger partial charge is 0.253 e. The summed E-state index contributed by atoms with van der Waals surface area (Å²) in [6, 6.07) is 72.4. The summed E-state index contributed by atoms with van der Waals surface area (Å²) in [6.07, 6.45) is 0. The lowest BCUT2D eigenvalue weighted by atomic mass is 9.81. The predicted octanol–water partition coefficient (Wildman–Crippen LogP) is 14.8. The third kappa shape index (κ3) is 6.10. The molecular formula is C53H39N. The summed E-state index contributed by atoms with van der Waals surface area (Å²) >= 11 is 0. The van der Waals surface area contributed by atoms with Crippen LogP contribution in [0.25, 0.3) is 77.2 Å². The summed E-state index contributed by atoms with van der Waals surface area (Å²) in [5, 5.41) is 4.94. The smallest absolute Gasteiger partial charge is 0.0662 e. The van der Waals surface area contributed by atoms with Gasteiger partial charge in [-0.05, 0) is 114 Å². The van der Waals surface area contributed by atoms with Gasteiger partial charge in [0.2, 0.25) is 0 Å². The first-order valence-electron chi connectivity index (χ1n) is 18.6. The Morgan fingerprint density at radius 2 is 0.796 bits per heavy atom. The van der Waals surface area contributed by atoms with E-state index in [0.29, 0.717) is 0 Å². The second-order valence-electron chi connectivity index (χ2n) is 13.9. The van der Waals surface area contributed by atoms with E-state index in [2.05, 4.69) is 208 Å². The van der Waals surface area contributed by atoms with E-state index in [1.165, 1.54) is 82.7 Å². The fourth-order valence-corrected chi connectivity index (χ4v) is 7.92. The van der Waals surface area contributed by atoms with Gasteiger partial charge in [0.15, 0.2) is 0 Å². The van der Waals surface area contributed by atoms with E-state index in [1.807, 2.05) is 6.07 Å². The number of aryl methyl sites for hydroxylation is 1. The predicted molar refractivity (Wildman–Crippen MR) is 232 cm³/mol. The Balaban J connectivity index is 1.30. The average molecular weight is 690 g/mol. The van der Waals surface area contributed by atoms with Crippen molar-refractivity contribution in [1.82, 2.24) is 0 Å². The van der Waals surface area contributed by atoms with Crippen molar-refractivity contribution in [3.63, 3.8) is 0 Å². The van der Waals surface area contributed by atoms with Gasteiger partial charge in [-0.15, -0.1) is 0 Å². The average Bonchev–Trinajstić information content (AvgIpc) is 3.24. The van der Waals surface area contributed by atoms with Crippen LogP contribution in [0.1, 0.15) is 18.1 Å². The van der Waals surface area contributed by atoms with Crippen LogP contribution < -0.4 is 0 Å². The van der Waals surface area contributed by atoms with E-state index in [4.69, 9.17) is 4.99 Å². The first-order chi connectivity index (χ1) is 26.6. The molecule has 0 unspecified atom stereocenters. The highest BCUT2D eigenvalue weighted by Crippen LogP contribution is 2.48. The van der Waals surface area contributed by atoms with Crippen molar-refractivity contribution in [2.45, 2.75) is 13.8 Å². The molecule has 0 atom stereocenters. The van der Waals surface area contributed by atoms with Crippen LogP contribution in [0.5, 0.6) is 0 Å². The summed E-state index contributed by atoms with van der Waals surface area (Å²) in [5.74, 6) is 0. The molecule has 0 bridgehead atoms. The molecule has 1 heteroatoms. The SMILES string of the molecule is CC(=Nc1ccccc1C)c1ccc(-c2ccc3c(-c4ccccc4-c4ccccc4)c4ccccc4c(-c4ccccc4-c4ccccc4)c3c2)cc1. The van der Waals surface area contributed by atoms with Crippen molar-refractivity contribution in [2.75, 3.05) is 0 Å². The van der Waals surface area contributed by atoms with Gasteiger partial charge in [-0.25, -0.2) is 0 Å². The van der Waals surface area contributed by atoms with Gasteiger partial charge < -0.3 is 0 Å². The molecule has 0 aliphatic rings. The van der Waals surface area contributed by atoms with E-state index >= 15 is 0 Å². The van der Waals surface area contributed by atoms with E-state index in [1.54, 1.807) is 0 Å². The first-order valence-corrected chi connectivity index (χ1v) is 18.6. The number of nitrogens with zero attached hydrogens (tertiary/aromatic N) is 1. The zero-order valence-corrected chi connectivity index (χ0v) is 30.5. The molecule has 54 heavy (non-hydrogen) atoms. The summed E-state index contributed by atoms with van der Waals surface area (Å²) in [6.45, 7) is 4.20. The highest BCUT2D eigenvalue weighted by Gasteiger charge is 2.21. The van der Waals surface area contributed by atoms with Crippen molar-refractivity contribution in [3.8, 4) is 55.6 Å². The van der Waals surface area contributed by atoms with Crippen molar-refractivity contribution in [1.29, 1.82) is 0 Å². The molecule has 0 saturated heterocycles. The zero-order chi connectivity index (χ0) is 36.4. The van der Waals surface area contributed by atoms with Crippen LogP contribution in [0.15, 0.2) is 205 Å². The highest BCUT2D eigenvalue weighted by atomic mass is 14.7. The third-order valence-corrected chi connectivity index (χ3v) is 10.6. The van der Waals surface area contributed by atoms with Gasteiger partial charge >= 0.3 is 0 Å². The van der Waals surface area contributed by atoms with E-state index in [9.17, 15) is 0 Å². The molecule has 1 nitrogen and oxygen atoms in total. The van der Waals surface area contributed by atoms with Crippen LogP contribution in [0.3, 0.4) is 0 Å². The Hall–Kier alpha value is -6.83. The standard InChI is InChI=1S/C53H39N/c1-36-17-9-16-28-51(36)54-37(2)38-29-31-39(32-30-38)42-33-34-49-50(35-42)53(46-25-13-11-23-44(46)41-20-7-4-8-21-41)48-27-15-14-26-47(48)52(49)45-24-12-10-22-43(45)40-18-5-3-6-19-40/h3-35H,1-2H3. The van der Waals surface area contributed by atoms with E-state index in [-0.39, 0.29) is 0 Å². The Morgan fingerprint density at radius 1 is 0.352 bits per heavy atom. The van der Waals surface area contributed by atoms with E-state index < -0.39 is 0 Å². The molecule has 0 radical (unpaired) electrons. The lowest BCUT2D eigenvalue weighted by Gasteiger charge is -2.21. The van der Waals surface area contributed by atoms with Crippen LogP contribution in [-0.4, -0.2) is 5.71 Å². The lowest BCUT2D eigenvalue weighted by Crippen LogP contribution is -1.95. The zero-order valence-electron chi connectivity index (χ0n) is 30.5. The van der Waals surface area contributed by atoms with Crippen LogP contribution in [-0.2, 0) is 0 Å². The number of fused-ring (bicyclic) bond motifs is 2. The minimum absolute atomic E-state index is 1.00. The Morgan fingerprint density at radius 3 is 1.37 bits per heavy atom. The summed E-state index contributed by atoms with van der Waals surface area (Å²) in [5.41, 5.74) is 16.5. The molecule has 0 aromatic heterocycles. The number of aliphatic imine (C=N–C) groups is 1. The summed E-state index contributed by atoms with van der Waals surface area (Å²) in [4.78, 5) is 4.96. The van der Waals surface area contributed by atoms with Crippen molar-refractivity contribution < 1.29 is 0 Å². The monoisotopic (exact) mass is 689 g/mol. The quantitative estimate of drug-likeness (QED) is 0.117. The van der Waals surface area contributed by atoms with Crippen LogP contribution in [0.2, 0.25) is 0 Å². The van der Waals surface area contributed by atoms with Crippen LogP contribution in [0.4, 0.5) is 5.69 Å². The molecular weight excluding hydrogens is 651 g/mol. The van der Waals surface area contributed by atoms with Gasteiger partial charge in [0, 0.05) is 5.71 Å². The molecule has 0 fully saturated rings. The number of para-hydroxylation sites is 1. The Labute approximate surface area is 317 Å². The molecule has 0 N–H and O–H groups in total. The molecule has 9 aromatic carbocycles. The van der Waals surface area contributed by atoms with Crippen molar-refractivity contribution >= 4 is 32.9 Å². The molecule has 0 saturated carbocycles. The molecule has 0 aliphatic heterocycles.